The first-order chi connectivity index (χ1) is 7.59. The smallest absolute Gasteiger partial charge is 0.255 e. The second-order valence-corrected chi connectivity index (χ2v) is 4.72. The molecule has 1 aliphatic rings. The fourth-order valence-electron chi connectivity index (χ4n) is 1.92. The first-order valence-corrected chi connectivity index (χ1v) is 5.86. The lowest BCUT2D eigenvalue weighted by atomic mass is 9.93. The highest BCUT2D eigenvalue weighted by Crippen LogP contribution is 2.21. The van der Waals surface area contributed by atoms with Crippen molar-refractivity contribution in [3.8, 4) is 0 Å². The largest absolute Gasteiger partial charge is 0.384 e. The molecule has 0 bridgehead atoms. The number of nitrogen functional groups attached to an aromatic ring is 1. The van der Waals surface area contributed by atoms with Crippen molar-refractivity contribution < 1.29 is 4.79 Å². The molecule has 0 saturated heterocycles. The SMILES string of the molecule is CC(C)n1ccc(C(=O)NC2CCC2)c1N. The van der Waals surface area contributed by atoms with Crippen LogP contribution in [0.4, 0.5) is 5.82 Å². The van der Waals surface area contributed by atoms with Crippen LogP contribution in [0.3, 0.4) is 0 Å². The Morgan fingerprint density at radius 1 is 1.56 bits per heavy atom. The van der Waals surface area contributed by atoms with E-state index < -0.39 is 0 Å². The Morgan fingerprint density at radius 3 is 2.69 bits per heavy atom. The molecular formula is C12H19N3O. The Labute approximate surface area is 95.8 Å². The van der Waals surface area contributed by atoms with Crippen LogP contribution in [0.2, 0.25) is 0 Å². The lowest BCUT2D eigenvalue weighted by Gasteiger charge is -2.26. The summed E-state index contributed by atoms with van der Waals surface area (Å²) in [5.74, 6) is 0.522. The summed E-state index contributed by atoms with van der Waals surface area (Å²) in [6.07, 6.45) is 5.27. The fourth-order valence-corrected chi connectivity index (χ4v) is 1.92. The molecule has 1 heterocycles. The van der Waals surface area contributed by atoms with E-state index in [9.17, 15) is 4.79 Å². The van der Waals surface area contributed by atoms with E-state index in [1.807, 2.05) is 24.6 Å². The van der Waals surface area contributed by atoms with Crippen molar-refractivity contribution >= 4 is 11.7 Å². The molecule has 4 nitrogen and oxygen atoms in total. The summed E-state index contributed by atoms with van der Waals surface area (Å²) in [5, 5.41) is 2.99. The van der Waals surface area contributed by atoms with Crippen molar-refractivity contribution in [1.82, 2.24) is 9.88 Å². The Morgan fingerprint density at radius 2 is 2.25 bits per heavy atom. The Balaban J connectivity index is 2.10. The maximum Gasteiger partial charge on any atom is 0.255 e. The number of aromatic nitrogens is 1. The van der Waals surface area contributed by atoms with Crippen molar-refractivity contribution in [3.63, 3.8) is 0 Å². The zero-order chi connectivity index (χ0) is 11.7. The van der Waals surface area contributed by atoms with E-state index in [2.05, 4.69) is 5.32 Å². The normalized spacial score (nSPS) is 16.2. The second-order valence-electron chi connectivity index (χ2n) is 4.72. The number of anilines is 1. The zero-order valence-electron chi connectivity index (χ0n) is 9.86. The summed E-state index contributed by atoms with van der Waals surface area (Å²) >= 11 is 0. The predicted octanol–water partition coefficient (Wildman–Crippen LogP) is 1.93. The Bertz CT molecular complexity index is 391. The Kier molecular flexibility index (Phi) is 2.90. The number of amides is 1. The van der Waals surface area contributed by atoms with E-state index in [0.29, 0.717) is 17.4 Å². The van der Waals surface area contributed by atoms with Crippen LogP contribution in [0.25, 0.3) is 0 Å². The fraction of sp³-hybridized carbons (Fsp3) is 0.583. The molecule has 4 heteroatoms. The summed E-state index contributed by atoms with van der Waals surface area (Å²) in [6, 6.07) is 2.43. The quantitative estimate of drug-likeness (QED) is 0.819. The molecule has 0 spiro atoms. The van der Waals surface area contributed by atoms with Gasteiger partial charge in [0.25, 0.3) is 5.91 Å². The van der Waals surface area contributed by atoms with Gasteiger partial charge in [-0.3, -0.25) is 4.79 Å². The second kappa shape index (κ2) is 4.20. The number of rotatable bonds is 3. The number of nitrogens with two attached hydrogens (primary N) is 1. The monoisotopic (exact) mass is 221 g/mol. The molecule has 1 aliphatic carbocycles. The molecule has 0 aliphatic heterocycles. The molecule has 2 rings (SSSR count). The number of hydrogen-bond acceptors (Lipinski definition) is 2. The van der Waals surface area contributed by atoms with E-state index in [1.54, 1.807) is 6.07 Å². The molecule has 0 unspecified atom stereocenters. The van der Waals surface area contributed by atoms with Crippen LogP contribution in [-0.2, 0) is 0 Å². The van der Waals surface area contributed by atoms with Gasteiger partial charge in [-0.2, -0.15) is 0 Å². The van der Waals surface area contributed by atoms with Crippen LogP contribution in [0.5, 0.6) is 0 Å². The van der Waals surface area contributed by atoms with Crippen molar-refractivity contribution in [3.05, 3.63) is 17.8 Å². The van der Waals surface area contributed by atoms with E-state index in [0.717, 1.165) is 12.8 Å². The van der Waals surface area contributed by atoms with Crippen LogP contribution >= 0.6 is 0 Å². The molecule has 1 fully saturated rings. The van der Waals surface area contributed by atoms with Crippen molar-refractivity contribution in [2.45, 2.75) is 45.2 Å². The van der Waals surface area contributed by atoms with E-state index in [1.165, 1.54) is 6.42 Å². The maximum atomic E-state index is 11.9. The predicted molar refractivity (Wildman–Crippen MR) is 64.3 cm³/mol. The van der Waals surface area contributed by atoms with Crippen molar-refractivity contribution in [2.75, 3.05) is 5.73 Å². The topological polar surface area (TPSA) is 60.0 Å². The molecule has 1 saturated carbocycles. The molecule has 1 aromatic rings. The molecule has 1 aromatic heterocycles. The maximum absolute atomic E-state index is 11.9. The third kappa shape index (κ3) is 1.92. The van der Waals surface area contributed by atoms with Gasteiger partial charge in [-0.25, -0.2) is 0 Å². The summed E-state index contributed by atoms with van der Waals surface area (Å²) in [5.41, 5.74) is 6.54. The van der Waals surface area contributed by atoms with Gasteiger partial charge in [-0.15, -0.1) is 0 Å². The van der Waals surface area contributed by atoms with E-state index in [-0.39, 0.29) is 11.9 Å². The molecule has 0 atom stereocenters. The first kappa shape index (κ1) is 11.0. The average Bonchev–Trinajstić information content (AvgIpc) is 2.53. The van der Waals surface area contributed by atoms with Crippen LogP contribution < -0.4 is 11.1 Å². The van der Waals surface area contributed by atoms with Crippen LogP contribution in [0.1, 0.15) is 49.5 Å². The average molecular weight is 221 g/mol. The van der Waals surface area contributed by atoms with Gasteiger partial charge in [0.2, 0.25) is 0 Å². The number of carbonyl (C=O) groups is 1. The Hall–Kier alpha value is -1.45. The van der Waals surface area contributed by atoms with Crippen molar-refractivity contribution in [2.24, 2.45) is 0 Å². The molecule has 0 radical (unpaired) electrons. The zero-order valence-corrected chi connectivity index (χ0v) is 9.86. The van der Waals surface area contributed by atoms with Gasteiger partial charge >= 0.3 is 0 Å². The van der Waals surface area contributed by atoms with Gasteiger partial charge in [-0.1, -0.05) is 0 Å². The molecular weight excluding hydrogens is 202 g/mol. The van der Waals surface area contributed by atoms with E-state index in [4.69, 9.17) is 5.73 Å². The van der Waals surface area contributed by atoms with Crippen LogP contribution in [0, 0.1) is 0 Å². The number of nitrogens with one attached hydrogen (secondary N) is 1. The summed E-state index contributed by atoms with van der Waals surface area (Å²) in [6.45, 7) is 4.09. The minimum absolute atomic E-state index is 0.0402. The van der Waals surface area contributed by atoms with Gasteiger partial charge in [0.1, 0.15) is 5.82 Å². The van der Waals surface area contributed by atoms with Crippen LogP contribution in [0.15, 0.2) is 12.3 Å². The summed E-state index contributed by atoms with van der Waals surface area (Å²) < 4.78 is 1.91. The minimum Gasteiger partial charge on any atom is -0.384 e. The number of carbonyl (C=O) groups excluding carboxylic acids is 1. The van der Waals surface area contributed by atoms with Gasteiger partial charge in [0.15, 0.2) is 0 Å². The van der Waals surface area contributed by atoms with E-state index >= 15 is 0 Å². The third-order valence-electron chi connectivity index (χ3n) is 3.20. The summed E-state index contributed by atoms with van der Waals surface area (Å²) in [7, 11) is 0. The standard InChI is InChI=1S/C12H19N3O/c1-8(2)15-7-6-10(11(15)13)12(16)14-9-4-3-5-9/h6-9H,3-5,13H2,1-2H3,(H,14,16). The molecule has 16 heavy (non-hydrogen) atoms. The van der Waals surface area contributed by atoms with Crippen LogP contribution in [-0.4, -0.2) is 16.5 Å². The first-order valence-electron chi connectivity index (χ1n) is 5.86. The molecule has 88 valence electrons. The van der Waals surface area contributed by atoms with Gasteiger partial charge in [-0.05, 0) is 39.2 Å². The highest BCUT2D eigenvalue weighted by Gasteiger charge is 2.22. The third-order valence-corrected chi connectivity index (χ3v) is 3.20. The lowest BCUT2D eigenvalue weighted by molar-refractivity contribution is 0.0918. The highest BCUT2D eigenvalue weighted by molar-refractivity contribution is 5.98. The number of nitrogens with zero attached hydrogens (tertiary/aromatic N) is 1. The molecule has 1 amide bonds. The van der Waals surface area contributed by atoms with Gasteiger partial charge in [0.05, 0.1) is 5.56 Å². The van der Waals surface area contributed by atoms with Crippen molar-refractivity contribution in [1.29, 1.82) is 0 Å². The lowest BCUT2D eigenvalue weighted by Crippen LogP contribution is -2.39. The summed E-state index contributed by atoms with van der Waals surface area (Å²) in [4.78, 5) is 11.9. The molecule has 0 aromatic carbocycles. The minimum atomic E-state index is -0.0402. The van der Waals surface area contributed by atoms with Gasteiger partial charge < -0.3 is 15.6 Å². The molecule has 3 N–H and O–H groups in total. The highest BCUT2D eigenvalue weighted by atomic mass is 16.1. The number of hydrogen-bond donors (Lipinski definition) is 2. The van der Waals surface area contributed by atoms with Gasteiger partial charge in [0, 0.05) is 18.3 Å².